The van der Waals surface area contributed by atoms with Gasteiger partial charge in [0.25, 0.3) is 11.7 Å². The first-order chi connectivity index (χ1) is 7.77. The lowest BCUT2D eigenvalue weighted by atomic mass is 10.4. The number of aryl methyl sites for hydroxylation is 1. The van der Waals surface area contributed by atoms with E-state index in [1.807, 2.05) is 7.05 Å². The first-order valence-corrected chi connectivity index (χ1v) is 4.62. The van der Waals surface area contributed by atoms with E-state index in [0.717, 1.165) is 5.82 Å². The van der Waals surface area contributed by atoms with Gasteiger partial charge in [-0.15, -0.1) is 20.4 Å². The normalized spacial score (nSPS) is 10.3. The van der Waals surface area contributed by atoms with Crippen LogP contribution in [0, 0.1) is 0 Å². The molecule has 0 aliphatic rings. The van der Waals surface area contributed by atoms with Crippen LogP contribution < -0.4 is 5.32 Å². The van der Waals surface area contributed by atoms with E-state index in [2.05, 4.69) is 36.1 Å². The molecule has 1 amide bonds. The summed E-state index contributed by atoms with van der Waals surface area (Å²) in [5, 5.41) is 22.9. The highest BCUT2D eigenvalue weighted by Crippen LogP contribution is 1.91. The SMILES string of the molecule is Cn1cnnc1CCNC(=O)c1nn[nH]n1. The van der Waals surface area contributed by atoms with E-state index in [9.17, 15) is 4.79 Å². The number of hydrogen-bond donors (Lipinski definition) is 2. The van der Waals surface area contributed by atoms with Gasteiger partial charge in [-0.3, -0.25) is 4.79 Å². The number of tetrazole rings is 1. The molecule has 0 saturated heterocycles. The molecule has 0 fully saturated rings. The third kappa shape index (κ3) is 2.19. The van der Waals surface area contributed by atoms with Gasteiger partial charge >= 0.3 is 0 Å². The zero-order valence-corrected chi connectivity index (χ0v) is 8.58. The molecule has 2 aromatic heterocycles. The number of nitrogens with one attached hydrogen (secondary N) is 2. The molecule has 0 spiro atoms. The minimum Gasteiger partial charge on any atom is -0.349 e. The van der Waals surface area contributed by atoms with Gasteiger partial charge in [-0.1, -0.05) is 0 Å². The Kier molecular flexibility index (Phi) is 2.85. The van der Waals surface area contributed by atoms with Gasteiger partial charge in [0.1, 0.15) is 12.2 Å². The summed E-state index contributed by atoms with van der Waals surface area (Å²) in [7, 11) is 1.84. The first-order valence-electron chi connectivity index (χ1n) is 4.62. The molecule has 16 heavy (non-hydrogen) atoms. The standard InChI is InChI=1S/C7H10N8O/c1-15-4-9-10-5(15)2-3-8-7(16)6-11-13-14-12-6/h4H,2-3H2,1H3,(H,8,16)(H,11,12,13,14). The number of rotatable bonds is 4. The van der Waals surface area contributed by atoms with Crippen LogP contribution in [0.1, 0.15) is 16.4 Å². The molecule has 0 bridgehead atoms. The van der Waals surface area contributed by atoms with Crippen LogP contribution in [0.2, 0.25) is 0 Å². The monoisotopic (exact) mass is 222 g/mol. The minimum atomic E-state index is -0.365. The van der Waals surface area contributed by atoms with Crippen LogP contribution in [-0.2, 0) is 13.5 Å². The van der Waals surface area contributed by atoms with Crippen molar-refractivity contribution in [3.63, 3.8) is 0 Å². The van der Waals surface area contributed by atoms with E-state index < -0.39 is 0 Å². The predicted molar refractivity (Wildman–Crippen MR) is 51.2 cm³/mol. The zero-order valence-electron chi connectivity index (χ0n) is 8.58. The van der Waals surface area contributed by atoms with Gasteiger partial charge in [0, 0.05) is 20.0 Å². The lowest BCUT2D eigenvalue weighted by Crippen LogP contribution is -2.27. The third-order valence-electron chi connectivity index (χ3n) is 1.99. The summed E-state index contributed by atoms with van der Waals surface area (Å²) in [5.74, 6) is 0.460. The number of nitrogens with zero attached hydrogens (tertiary/aromatic N) is 6. The molecule has 2 heterocycles. The molecule has 0 saturated carbocycles. The molecule has 2 rings (SSSR count). The molecule has 0 aromatic carbocycles. The second-order valence-electron chi connectivity index (χ2n) is 3.10. The fraction of sp³-hybridized carbons (Fsp3) is 0.429. The van der Waals surface area contributed by atoms with E-state index in [1.165, 1.54) is 0 Å². The zero-order chi connectivity index (χ0) is 11.4. The molecule has 2 aromatic rings. The Bertz CT molecular complexity index is 460. The molecule has 9 nitrogen and oxygen atoms in total. The molecular weight excluding hydrogens is 212 g/mol. The summed E-state index contributed by atoms with van der Waals surface area (Å²) >= 11 is 0. The van der Waals surface area contributed by atoms with Gasteiger partial charge in [-0.25, -0.2) is 0 Å². The summed E-state index contributed by atoms with van der Waals surface area (Å²) in [6.07, 6.45) is 2.20. The maximum atomic E-state index is 11.4. The molecule has 0 aliphatic heterocycles. The number of amides is 1. The van der Waals surface area contributed by atoms with Crippen molar-refractivity contribution in [2.24, 2.45) is 7.05 Å². The second-order valence-corrected chi connectivity index (χ2v) is 3.10. The van der Waals surface area contributed by atoms with E-state index in [-0.39, 0.29) is 11.7 Å². The third-order valence-corrected chi connectivity index (χ3v) is 1.99. The van der Waals surface area contributed by atoms with Crippen molar-refractivity contribution in [1.29, 1.82) is 0 Å². The maximum absolute atomic E-state index is 11.4. The number of H-pyrrole nitrogens is 1. The van der Waals surface area contributed by atoms with E-state index >= 15 is 0 Å². The largest absolute Gasteiger partial charge is 0.349 e. The van der Waals surface area contributed by atoms with Crippen molar-refractivity contribution in [3.8, 4) is 0 Å². The van der Waals surface area contributed by atoms with Crippen LogP contribution in [0.25, 0.3) is 0 Å². The van der Waals surface area contributed by atoms with Crippen molar-refractivity contribution in [2.75, 3.05) is 6.54 Å². The lowest BCUT2D eigenvalue weighted by molar-refractivity contribution is 0.0943. The molecule has 84 valence electrons. The Morgan fingerprint density at radius 1 is 1.56 bits per heavy atom. The fourth-order valence-corrected chi connectivity index (χ4v) is 1.16. The van der Waals surface area contributed by atoms with Crippen LogP contribution >= 0.6 is 0 Å². The van der Waals surface area contributed by atoms with E-state index in [1.54, 1.807) is 10.9 Å². The van der Waals surface area contributed by atoms with E-state index in [4.69, 9.17) is 0 Å². The number of hydrogen-bond acceptors (Lipinski definition) is 6. The van der Waals surface area contributed by atoms with Crippen LogP contribution in [0.15, 0.2) is 6.33 Å². The molecule has 0 atom stereocenters. The Morgan fingerprint density at radius 2 is 2.44 bits per heavy atom. The maximum Gasteiger partial charge on any atom is 0.292 e. The summed E-state index contributed by atoms with van der Waals surface area (Å²) in [4.78, 5) is 11.4. The van der Waals surface area contributed by atoms with Gasteiger partial charge in [0.05, 0.1) is 0 Å². The summed E-state index contributed by atoms with van der Waals surface area (Å²) in [6.45, 7) is 0.444. The number of aromatic amines is 1. The van der Waals surface area contributed by atoms with Gasteiger partial charge in [-0.2, -0.15) is 5.21 Å². The van der Waals surface area contributed by atoms with E-state index in [0.29, 0.717) is 13.0 Å². The van der Waals surface area contributed by atoms with Crippen molar-refractivity contribution in [3.05, 3.63) is 18.0 Å². The smallest absolute Gasteiger partial charge is 0.292 e. The molecule has 0 aliphatic carbocycles. The molecular formula is C7H10N8O. The van der Waals surface area contributed by atoms with Gasteiger partial charge in [0.15, 0.2) is 0 Å². The van der Waals surface area contributed by atoms with Crippen molar-refractivity contribution in [1.82, 2.24) is 40.7 Å². The summed E-state index contributed by atoms with van der Waals surface area (Å²) in [6, 6.07) is 0. The summed E-state index contributed by atoms with van der Waals surface area (Å²) in [5.41, 5.74) is 0. The first kappa shape index (κ1) is 10.2. The molecule has 9 heteroatoms. The minimum absolute atomic E-state index is 0.0259. The van der Waals surface area contributed by atoms with Crippen molar-refractivity contribution in [2.45, 2.75) is 6.42 Å². The highest BCUT2D eigenvalue weighted by Gasteiger charge is 2.09. The van der Waals surface area contributed by atoms with Crippen LogP contribution in [-0.4, -0.2) is 47.8 Å². The highest BCUT2D eigenvalue weighted by molar-refractivity contribution is 5.89. The van der Waals surface area contributed by atoms with Crippen LogP contribution in [0.5, 0.6) is 0 Å². The predicted octanol–water partition coefficient (Wildman–Crippen LogP) is -1.70. The van der Waals surface area contributed by atoms with Crippen molar-refractivity contribution >= 4 is 5.91 Å². The highest BCUT2D eigenvalue weighted by atomic mass is 16.2. The van der Waals surface area contributed by atoms with Crippen LogP contribution in [0.3, 0.4) is 0 Å². The number of carbonyl (C=O) groups is 1. The Morgan fingerprint density at radius 3 is 3.06 bits per heavy atom. The fourth-order valence-electron chi connectivity index (χ4n) is 1.16. The molecule has 0 unspecified atom stereocenters. The Hall–Kier alpha value is -2.32. The van der Waals surface area contributed by atoms with Gasteiger partial charge < -0.3 is 9.88 Å². The molecule has 2 N–H and O–H groups in total. The second kappa shape index (κ2) is 4.47. The topological polar surface area (TPSA) is 114 Å². The summed E-state index contributed by atoms with van der Waals surface area (Å²) < 4.78 is 1.79. The molecule has 0 radical (unpaired) electrons. The average Bonchev–Trinajstić information content (AvgIpc) is 2.90. The lowest BCUT2D eigenvalue weighted by Gasteiger charge is -2.01. The number of carbonyl (C=O) groups excluding carboxylic acids is 1. The Balaban J connectivity index is 1.81. The van der Waals surface area contributed by atoms with Crippen molar-refractivity contribution < 1.29 is 4.79 Å². The number of aromatic nitrogens is 7. The Labute approximate surface area is 90.3 Å². The van der Waals surface area contributed by atoms with Gasteiger partial charge in [0.2, 0.25) is 0 Å². The quantitative estimate of drug-likeness (QED) is 0.637. The van der Waals surface area contributed by atoms with Crippen LogP contribution in [0.4, 0.5) is 0 Å². The average molecular weight is 222 g/mol. The van der Waals surface area contributed by atoms with Gasteiger partial charge in [-0.05, 0) is 5.21 Å².